The Bertz CT molecular complexity index is 284. The first-order valence-electron chi connectivity index (χ1n) is 6.59. The maximum atomic E-state index is 11.5. The Morgan fingerprint density at radius 1 is 1.41 bits per heavy atom. The van der Waals surface area contributed by atoms with E-state index >= 15 is 0 Å². The van der Waals surface area contributed by atoms with E-state index in [4.69, 9.17) is 4.74 Å². The van der Waals surface area contributed by atoms with Gasteiger partial charge in [-0.3, -0.25) is 9.69 Å². The Morgan fingerprint density at radius 2 is 2.18 bits per heavy atom. The Morgan fingerprint density at radius 3 is 2.76 bits per heavy atom. The number of ether oxygens (including phenoxy) is 1. The molecule has 98 valence electrons. The third-order valence-corrected chi connectivity index (χ3v) is 4.15. The minimum atomic E-state index is -0.680. The summed E-state index contributed by atoms with van der Waals surface area (Å²) in [6.07, 6.45) is 4.20. The molecular formula is C13H23NO3. The van der Waals surface area contributed by atoms with Crippen LogP contribution in [-0.4, -0.2) is 47.8 Å². The van der Waals surface area contributed by atoms with E-state index < -0.39 is 5.97 Å². The van der Waals surface area contributed by atoms with E-state index in [1.807, 2.05) is 0 Å². The molecule has 2 heterocycles. The van der Waals surface area contributed by atoms with Crippen molar-refractivity contribution in [2.45, 2.75) is 51.6 Å². The summed E-state index contributed by atoms with van der Waals surface area (Å²) >= 11 is 0. The summed E-state index contributed by atoms with van der Waals surface area (Å²) in [7, 11) is 0. The first kappa shape index (κ1) is 12.8. The van der Waals surface area contributed by atoms with Crippen LogP contribution < -0.4 is 0 Å². The molecule has 0 aromatic heterocycles. The van der Waals surface area contributed by atoms with Crippen LogP contribution in [0.2, 0.25) is 0 Å². The van der Waals surface area contributed by atoms with E-state index in [0.717, 1.165) is 38.8 Å². The molecule has 2 unspecified atom stereocenters. The molecule has 0 radical (unpaired) electrons. The Balaban J connectivity index is 2.15. The van der Waals surface area contributed by atoms with Crippen LogP contribution in [0, 0.1) is 5.41 Å². The second-order valence-corrected chi connectivity index (χ2v) is 5.94. The minimum absolute atomic E-state index is 0.137. The van der Waals surface area contributed by atoms with E-state index in [1.165, 1.54) is 0 Å². The molecule has 2 aliphatic heterocycles. The van der Waals surface area contributed by atoms with Crippen molar-refractivity contribution in [2.75, 3.05) is 19.8 Å². The zero-order valence-corrected chi connectivity index (χ0v) is 10.8. The lowest BCUT2D eigenvalue weighted by molar-refractivity contribution is -0.155. The van der Waals surface area contributed by atoms with Gasteiger partial charge in [-0.1, -0.05) is 13.8 Å². The maximum absolute atomic E-state index is 11.5. The summed E-state index contributed by atoms with van der Waals surface area (Å²) < 4.78 is 5.50. The molecule has 0 spiro atoms. The van der Waals surface area contributed by atoms with Crippen molar-refractivity contribution < 1.29 is 14.6 Å². The highest BCUT2D eigenvalue weighted by molar-refractivity contribution is 5.74. The number of carboxylic acid groups (broad SMARTS) is 1. The van der Waals surface area contributed by atoms with Crippen LogP contribution in [-0.2, 0) is 9.53 Å². The van der Waals surface area contributed by atoms with Gasteiger partial charge in [0, 0.05) is 12.6 Å². The van der Waals surface area contributed by atoms with E-state index in [1.54, 1.807) is 0 Å². The van der Waals surface area contributed by atoms with Gasteiger partial charge < -0.3 is 9.84 Å². The average molecular weight is 241 g/mol. The third kappa shape index (κ3) is 2.63. The molecule has 0 aromatic rings. The fourth-order valence-electron chi connectivity index (χ4n) is 3.29. The SMILES string of the molecule is CC1(C)CCCN(C2CCCOC2)C1C(=O)O. The zero-order chi connectivity index (χ0) is 12.5. The van der Waals surface area contributed by atoms with Crippen LogP contribution in [0.25, 0.3) is 0 Å². The van der Waals surface area contributed by atoms with Crippen LogP contribution in [0.1, 0.15) is 39.5 Å². The fraction of sp³-hybridized carbons (Fsp3) is 0.923. The van der Waals surface area contributed by atoms with Gasteiger partial charge in [-0.2, -0.15) is 0 Å². The molecule has 4 heteroatoms. The smallest absolute Gasteiger partial charge is 0.321 e. The number of likely N-dealkylation sites (tertiary alicyclic amines) is 1. The predicted octanol–water partition coefficient (Wildman–Crippen LogP) is 1.74. The van der Waals surface area contributed by atoms with Gasteiger partial charge in [0.05, 0.1) is 6.61 Å². The van der Waals surface area contributed by atoms with Gasteiger partial charge in [0.1, 0.15) is 6.04 Å². The van der Waals surface area contributed by atoms with Crippen molar-refractivity contribution in [2.24, 2.45) is 5.41 Å². The number of aliphatic carboxylic acids is 1. The molecule has 2 saturated heterocycles. The molecule has 0 amide bonds. The van der Waals surface area contributed by atoms with Gasteiger partial charge in [0.25, 0.3) is 0 Å². The molecule has 17 heavy (non-hydrogen) atoms. The molecule has 2 rings (SSSR count). The molecule has 0 bridgehead atoms. The van der Waals surface area contributed by atoms with Crippen molar-refractivity contribution in [1.82, 2.24) is 4.90 Å². The average Bonchev–Trinajstić information content (AvgIpc) is 2.28. The van der Waals surface area contributed by atoms with Crippen LogP contribution in [0.5, 0.6) is 0 Å². The largest absolute Gasteiger partial charge is 0.480 e. The van der Waals surface area contributed by atoms with Gasteiger partial charge in [0.2, 0.25) is 0 Å². The van der Waals surface area contributed by atoms with Gasteiger partial charge in [-0.05, 0) is 37.6 Å². The summed E-state index contributed by atoms with van der Waals surface area (Å²) in [4.78, 5) is 13.7. The van der Waals surface area contributed by atoms with E-state index in [9.17, 15) is 9.90 Å². The summed E-state index contributed by atoms with van der Waals surface area (Å²) in [5.41, 5.74) is -0.137. The highest BCUT2D eigenvalue weighted by Crippen LogP contribution is 2.37. The molecule has 4 nitrogen and oxygen atoms in total. The first-order valence-corrected chi connectivity index (χ1v) is 6.59. The fourth-order valence-corrected chi connectivity index (χ4v) is 3.29. The van der Waals surface area contributed by atoms with Gasteiger partial charge in [0.15, 0.2) is 0 Å². The van der Waals surface area contributed by atoms with Crippen molar-refractivity contribution in [1.29, 1.82) is 0 Å². The molecule has 2 fully saturated rings. The Kier molecular flexibility index (Phi) is 3.73. The van der Waals surface area contributed by atoms with Gasteiger partial charge >= 0.3 is 5.97 Å². The zero-order valence-electron chi connectivity index (χ0n) is 10.8. The van der Waals surface area contributed by atoms with Crippen LogP contribution in [0.15, 0.2) is 0 Å². The number of rotatable bonds is 2. The molecule has 0 aromatic carbocycles. The van der Waals surface area contributed by atoms with Crippen molar-refractivity contribution in [3.05, 3.63) is 0 Å². The van der Waals surface area contributed by atoms with Gasteiger partial charge in [-0.15, -0.1) is 0 Å². The number of hydrogen-bond acceptors (Lipinski definition) is 3. The van der Waals surface area contributed by atoms with Crippen molar-refractivity contribution >= 4 is 5.97 Å². The van der Waals surface area contributed by atoms with E-state index in [2.05, 4.69) is 18.7 Å². The topological polar surface area (TPSA) is 49.8 Å². The molecule has 0 aliphatic carbocycles. The molecule has 0 saturated carbocycles. The number of nitrogens with zero attached hydrogens (tertiary/aromatic N) is 1. The lowest BCUT2D eigenvalue weighted by Crippen LogP contribution is -2.59. The Hall–Kier alpha value is -0.610. The number of carboxylic acids is 1. The number of hydrogen-bond donors (Lipinski definition) is 1. The lowest BCUT2D eigenvalue weighted by Gasteiger charge is -2.48. The number of piperidine rings is 1. The first-order chi connectivity index (χ1) is 8.02. The molecular weight excluding hydrogens is 218 g/mol. The molecule has 2 aliphatic rings. The van der Waals surface area contributed by atoms with Crippen molar-refractivity contribution in [3.8, 4) is 0 Å². The summed E-state index contributed by atoms with van der Waals surface area (Å²) in [6, 6.07) is -0.0626. The lowest BCUT2D eigenvalue weighted by atomic mass is 9.75. The van der Waals surface area contributed by atoms with Crippen LogP contribution in [0.3, 0.4) is 0 Å². The van der Waals surface area contributed by atoms with Crippen LogP contribution in [0.4, 0.5) is 0 Å². The second-order valence-electron chi connectivity index (χ2n) is 5.94. The Labute approximate surface area is 103 Å². The molecule has 1 N–H and O–H groups in total. The normalized spacial score (nSPS) is 34.5. The van der Waals surface area contributed by atoms with Gasteiger partial charge in [-0.25, -0.2) is 0 Å². The maximum Gasteiger partial charge on any atom is 0.321 e. The second kappa shape index (κ2) is 4.94. The minimum Gasteiger partial charge on any atom is -0.480 e. The van der Waals surface area contributed by atoms with E-state index in [-0.39, 0.29) is 11.5 Å². The standard InChI is InChI=1S/C13H23NO3/c1-13(2)6-4-7-14(11(13)12(15)16)10-5-3-8-17-9-10/h10-11H,3-9H2,1-2H3,(H,15,16). The quantitative estimate of drug-likeness (QED) is 0.800. The highest BCUT2D eigenvalue weighted by atomic mass is 16.5. The summed E-state index contributed by atoms with van der Waals surface area (Å²) in [5.74, 6) is -0.680. The predicted molar refractivity (Wildman–Crippen MR) is 65.0 cm³/mol. The molecule has 2 atom stereocenters. The summed E-state index contributed by atoms with van der Waals surface area (Å²) in [6.45, 7) is 6.56. The van der Waals surface area contributed by atoms with E-state index in [0.29, 0.717) is 12.6 Å². The van der Waals surface area contributed by atoms with Crippen LogP contribution >= 0.6 is 0 Å². The van der Waals surface area contributed by atoms with Crippen molar-refractivity contribution in [3.63, 3.8) is 0 Å². The third-order valence-electron chi connectivity index (χ3n) is 4.15. The highest BCUT2D eigenvalue weighted by Gasteiger charge is 2.45. The summed E-state index contributed by atoms with van der Waals surface area (Å²) in [5, 5.41) is 9.49. The monoisotopic (exact) mass is 241 g/mol. The number of carbonyl (C=O) groups is 1.